The number of hydrogen-bond acceptors (Lipinski definition) is 5. The van der Waals surface area contributed by atoms with Gasteiger partial charge in [0.25, 0.3) is 0 Å². The highest BCUT2D eigenvalue weighted by Crippen LogP contribution is 2.20. The molecule has 0 fully saturated rings. The molecule has 21 heavy (non-hydrogen) atoms. The summed E-state index contributed by atoms with van der Waals surface area (Å²) in [5, 5.41) is 11.0. The zero-order valence-electron chi connectivity index (χ0n) is 12.1. The summed E-state index contributed by atoms with van der Waals surface area (Å²) in [6.45, 7) is 3.59. The first-order chi connectivity index (χ1) is 10.2. The third kappa shape index (κ3) is 3.34. The van der Waals surface area contributed by atoms with Crippen molar-refractivity contribution in [3.05, 3.63) is 52.4 Å². The van der Waals surface area contributed by atoms with E-state index in [2.05, 4.69) is 32.7 Å². The lowest BCUT2D eigenvalue weighted by atomic mass is 10.2. The van der Waals surface area contributed by atoms with E-state index in [-0.39, 0.29) is 0 Å². The number of rotatable bonds is 5. The number of nitrogens with one attached hydrogen (secondary N) is 1. The minimum Gasteiger partial charge on any atom is -0.305 e. The van der Waals surface area contributed by atoms with Crippen LogP contribution in [-0.4, -0.2) is 19.7 Å². The summed E-state index contributed by atoms with van der Waals surface area (Å²) < 4.78 is 1.84. The molecule has 6 heteroatoms. The highest BCUT2D eigenvalue weighted by atomic mass is 32.1. The van der Waals surface area contributed by atoms with Crippen molar-refractivity contribution in [3.63, 3.8) is 0 Å². The molecule has 108 valence electrons. The van der Waals surface area contributed by atoms with Crippen LogP contribution in [0.4, 0.5) is 0 Å². The Kier molecular flexibility index (Phi) is 4.08. The quantitative estimate of drug-likeness (QED) is 0.786. The molecule has 5 nitrogen and oxygen atoms in total. The standard InChI is InChI=1S/C15H17N5S/c1-11-9-20(2)19-13(11)7-17-8-15-18-14(10-21-15)12-3-5-16-6-4-12/h3-6,9-10,17H,7-8H2,1-2H3. The largest absolute Gasteiger partial charge is 0.305 e. The van der Waals surface area contributed by atoms with Gasteiger partial charge in [0.05, 0.1) is 11.4 Å². The third-order valence-electron chi connectivity index (χ3n) is 3.21. The molecule has 0 saturated carbocycles. The summed E-state index contributed by atoms with van der Waals surface area (Å²) in [6.07, 6.45) is 5.61. The molecule has 0 amide bonds. The van der Waals surface area contributed by atoms with Gasteiger partial charge in [0.15, 0.2) is 0 Å². The Morgan fingerprint density at radius 1 is 1.24 bits per heavy atom. The molecule has 0 aliphatic carbocycles. The molecule has 3 aromatic rings. The van der Waals surface area contributed by atoms with Crippen LogP contribution in [-0.2, 0) is 20.1 Å². The van der Waals surface area contributed by atoms with E-state index in [1.54, 1.807) is 23.7 Å². The first-order valence-electron chi connectivity index (χ1n) is 6.77. The van der Waals surface area contributed by atoms with Crippen LogP contribution in [0.3, 0.4) is 0 Å². The highest BCUT2D eigenvalue weighted by Gasteiger charge is 2.06. The number of thiazole rings is 1. The second-order valence-electron chi connectivity index (χ2n) is 4.90. The van der Waals surface area contributed by atoms with E-state index in [4.69, 9.17) is 0 Å². The molecule has 3 heterocycles. The topological polar surface area (TPSA) is 55.6 Å². The zero-order valence-corrected chi connectivity index (χ0v) is 12.9. The first kappa shape index (κ1) is 13.9. The van der Waals surface area contributed by atoms with Gasteiger partial charge in [0.1, 0.15) is 5.01 Å². The number of hydrogen-bond donors (Lipinski definition) is 1. The molecule has 0 atom stereocenters. The number of pyridine rings is 1. The fraction of sp³-hybridized carbons (Fsp3) is 0.267. The molecular weight excluding hydrogens is 282 g/mol. The fourth-order valence-electron chi connectivity index (χ4n) is 2.16. The van der Waals surface area contributed by atoms with Crippen LogP contribution in [0.5, 0.6) is 0 Å². The lowest BCUT2D eigenvalue weighted by molar-refractivity contribution is 0.653. The third-order valence-corrected chi connectivity index (χ3v) is 4.06. The van der Waals surface area contributed by atoms with E-state index >= 15 is 0 Å². The minimum absolute atomic E-state index is 0.756. The van der Waals surface area contributed by atoms with Crippen molar-refractivity contribution in [1.29, 1.82) is 0 Å². The van der Waals surface area contributed by atoms with Crippen LogP contribution in [0.15, 0.2) is 36.1 Å². The van der Waals surface area contributed by atoms with E-state index in [9.17, 15) is 0 Å². The summed E-state index contributed by atoms with van der Waals surface area (Å²) >= 11 is 1.67. The molecule has 0 aliphatic rings. The van der Waals surface area contributed by atoms with Gasteiger partial charge in [-0.1, -0.05) is 0 Å². The van der Waals surface area contributed by atoms with Crippen molar-refractivity contribution in [1.82, 2.24) is 25.1 Å². The predicted octanol–water partition coefficient (Wildman–Crippen LogP) is 2.54. The second kappa shape index (κ2) is 6.15. The Morgan fingerprint density at radius 3 is 2.76 bits per heavy atom. The molecule has 0 aromatic carbocycles. The van der Waals surface area contributed by atoms with Gasteiger partial charge in [-0.05, 0) is 24.6 Å². The molecule has 0 unspecified atom stereocenters. The summed E-state index contributed by atoms with van der Waals surface area (Å²) in [5.41, 5.74) is 4.41. The van der Waals surface area contributed by atoms with Gasteiger partial charge < -0.3 is 5.32 Å². The van der Waals surface area contributed by atoms with Gasteiger partial charge in [-0.3, -0.25) is 9.67 Å². The Hall–Kier alpha value is -2.05. The molecule has 1 N–H and O–H groups in total. The lowest BCUT2D eigenvalue weighted by Crippen LogP contribution is -2.13. The van der Waals surface area contributed by atoms with Crippen LogP contribution >= 0.6 is 11.3 Å². The van der Waals surface area contributed by atoms with Gasteiger partial charge in [-0.25, -0.2) is 4.98 Å². The maximum atomic E-state index is 4.64. The molecular formula is C15H17N5S. The average molecular weight is 299 g/mol. The van der Waals surface area contributed by atoms with Crippen molar-refractivity contribution in [3.8, 4) is 11.3 Å². The number of aromatic nitrogens is 4. The van der Waals surface area contributed by atoms with Crippen LogP contribution in [0, 0.1) is 6.92 Å². The van der Waals surface area contributed by atoms with E-state index in [1.165, 1.54) is 5.56 Å². The van der Waals surface area contributed by atoms with Crippen molar-refractivity contribution < 1.29 is 0 Å². The normalized spacial score (nSPS) is 11.0. The monoisotopic (exact) mass is 299 g/mol. The summed E-state index contributed by atoms with van der Waals surface area (Å²) in [6, 6.07) is 3.95. The number of nitrogens with zero attached hydrogens (tertiary/aromatic N) is 4. The molecule has 0 radical (unpaired) electrons. The van der Waals surface area contributed by atoms with Crippen molar-refractivity contribution in [2.24, 2.45) is 7.05 Å². The first-order valence-corrected chi connectivity index (χ1v) is 7.65. The van der Waals surface area contributed by atoms with Gasteiger partial charge in [-0.15, -0.1) is 11.3 Å². The van der Waals surface area contributed by atoms with Crippen molar-refractivity contribution >= 4 is 11.3 Å². The van der Waals surface area contributed by atoms with Crippen LogP contribution in [0.25, 0.3) is 11.3 Å². The Bertz CT molecular complexity index is 717. The van der Waals surface area contributed by atoms with E-state index in [0.717, 1.165) is 35.0 Å². The van der Waals surface area contributed by atoms with Gasteiger partial charge in [-0.2, -0.15) is 5.10 Å². The second-order valence-corrected chi connectivity index (χ2v) is 5.84. The summed E-state index contributed by atoms with van der Waals surface area (Å²) in [5.74, 6) is 0. The molecule has 3 aromatic heterocycles. The predicted molar refractivity (Wildman–Crippen MR) is 83.8 cm³/mol. The Labute approximate surface area is 127 Å². The summed E-state index contributed by atoms with van der Waals surface area (Å²) in [4.78, 5) is 8.67. The van der Waals surface area contributed by atoms with E-state index in [0.29, 0.717) is 0 Å². The van der Waals surface area contributed by atoms with Gasteiger partial charge in [0.2, 0.25) is 0 Å². The van der Waals surface area contributed by atoms with E-state index < -0.39 is 0 Å². The summed E-state index contributed by atoms with van der Waals surface area (Å²) in [7, 11) is 1.94. The van der Waals surface area contributed by atoms with Crippen LogP contribution in [0.1, 0.15) is 16.3 Å². The highest BCUT2D eigenvalue weighted by molar-refractivity contribution is 7.09. The molecule has 0 bridgehead atoms. The average Bonchev–Trinajstić information content (AvgIpc) is 3.07. The number of aryl methyl sites for hydroxylation is 2. The molecule has 3 rings (SSSR count). The van der Waals surface area contributed by atoms with Crippen molar-refractivity contribution in [2.45, 2.75) is 20.0 Å². The molecule has 0 saturated heterocycles. The Balaban J connectivity index is 1.59. The molecule has 0 aliphatic heterocycles. The van der Waals surface area contributed by atoms with Crippen LogP contribution < -0.4 is 5.32 Å². The zero-order chi connectivity index (χ0) is 14.7. The van der Waals surface area contributed by atoms with Crippen LogP contribution in [0.2, 0.25) is 0 Å². The van der Waals surface area contributed by atoms with Gasteiger partial charge in [0, 0.05) is 49.7 Å². The molecule has 0 spiro atoms. The lowest BCUT2D eigenvalue weighted by Gasteiger charge is -2.00. The minimum atomic E-state index is 0.756. The van der Waals surface area contributed by atoms with Crippen molar-refractivity contribution in [2.75, 3.05) is 0 Å². The maximum Gasteiger partial charge on any atom is 0.107 e. The Morgan fingerprint density at radius 2 is 2.05 bits per heavy atom. The van der Waals surface area contributed by atoms with E-state index in [1.807, 2.05) is 30.1 Å². The smallest absolute Gasteiger partial charge is 0.107 e. The fourth-order valence-corrected chi connectivity index (χ4v) is 2.94. The maximum absolute atomic E-state index is 4.64. The van der Waals surface area contributed by atoms with Gasteiger partial charge >= 0.3 is 0 Å². The SMILES string of the molecule is Cc1cn(C)nc1CNCc1nc(-c2ccncc2)cs1.